The Morgan fingerprint density at radius 3 is 1.20 bits per heavy atom. The van der Waals surface area contributed by atoms with Crippen LogP contribution >= 0.6 is 0 Å². The van der Waals surface area contributed by atoms with Crippen molar-refractivity contribution in [3.8, 4) is 22.6 Å². The zero-order valence-corrected chi connectivity index (χ0v) is 29.1. The van der Waals surface area contributed by atoms with E-state index in [0.717, 1.165) is 23.0 Å². The van der Waals surface area contributed by atoms with Crippen LogP contribution in [0, 0.1) is 13.8 Å². The summed E-state index contributed by atoms with van der Waals surface area (Å²) in [6, 6.07) is 30.1. The Labute approximate surface area is 276 Å². The predicted octanol–water partition coefficient (Wildman–Crippen LogP) is 4.85. The van der Waals surface area contributed by atoms with Gasteiger partial charge in [-0.05, 0) is 48.9 Å². The number of hydrogen-bond donors (Lipinski definition) is 0. The molecule has 0 aliphatic heterocycles. The molecule has 0 spiro atoms. The number of benzene rings is 2. The second-order valence-electron chi connectivity index (χ2n) is 12.4. The first-order valence-electron chi connectivity index (χ1n) is 13.4. The third-order valence-electron chi connectivity index (χ3n) is 7.17. The maximum atomic E-state index is 5.72. The van der Waals surface area contributed by atoms with Crippen molar-refractivity contribution in [2.75, 3.05) is 0 Å². The topological polar surface area (TPSA) is 26.3 Å². The maximum Gasteiger partial charge on any atom is 4.00 e. The van der Waals surface area contributed by atoms with Gasteiger partial charge < -0.3 is 33.6 Å². The number of furan rings is 2. The SMILES string of the molecule is Cc1ccc(-c2cc3c(C(C)(C)C)cccc3[cH-]2)o1.Cc1ccc(-c2cc3c(C(C)(C)C)cccc3[cH-]2)o1.[Cl-].[Cl-].[Zr+4]. The molecule has 0 saturated carbocycles. The van der Waals surface area contributed by atoms with E-state index < -0.39 is 0 Å². The average molecular weight is 665 g/mol. The van der Waals surface area contributed by atoms with Crippen molar-refractivity contribution in [3.05, 3.63) is 108 Å². The molecule has 0 radical (unpaired) electrons. The molecule has 41 heavy (non-hydrogen) atoms. The van der Waals surface area contributed by atoms with Gasteiger partial charge in [0.25, 0.3) is 0 Å². The molecule has 2 nitrogen and oxygen atoms in total. The van der Waals surface area contributed by atoms with E-state index in [1.807, 2.05) is 38.1 Å². The standard InChI is InChI=1S/2C18H19O.2ClH.Zr/c2*1-12-8-9-17(19-12)14-10-13-6-5-7-16(15(13)11-14)18(2,3)4;;;/h2*5-11H,1-4H3;2*1H;/q2*-1;;;+4/p-2. The van der Waals surface area contributed by atoms with Crippen molar-refractivity contribution >= 4 is 21.5 Å². The van der Waals surface area contributed by atoms with E-state index in [0.29, 0.717) is 0 Å². The first-order chi connectivity index (χ1) is 17.9. The third kappa shape index (κ3) is 7.56. The van der Waals surface area contributed by atoms with Crippen molar-refractivity contribution in [2.24, 2.45) is 0 Å². The van der Waals surface area contributed by atoms with Crippen LogP contribution in [0.4, 0.5) is 0 Å². The summed E-state index contributed by atoms with van der Waals surface area (Å²) in [4.78, 5) is 0. The van der Waals surface area contributed by atoms with Gasteiger partial charge in [-0.3, -0.25) is 0 Å². The summed E-state index contributed by atoms with van der Waals surface area (Å²) in [5, 5.41) is 5.24. The molecule has 6 rings (SSSR count). The molecule has 0 unspecified atom stereocenters. The molecule has 212 valence electrons. The van der Waals surface area contributed by atoms with E-state index in [-0.39, 0.29) is 61.8 Å². The monoisotopic (exact) mass is 662 g/mol. The van der Waals surface area contributed by atoms with Gasteiger partial charge in [0.05, 0.1) is 23.0 Å². The van der Waals surface area contributed by atoms with Crippen molar-refractivity contribution < 1.29 is 59.9 Å². The minimum Gasteiger partial charge on any atom is -1.00 e. The minimum atomic E-state index is 0. The van der Waals surface area contributed by atoms with Crippen molar-refractivity contribution in [1.29, 1.82) is 0 Å². The number of hydrogen-bond acceptors (Lipinski definition) is 2. The van der Waals surface area contributed by atoms with E-state index in [1.54, 1.807) is 0 Å². The largest absolute Gasteiger partial charge is 4.00 e. The van der Waals surface area contributed by atoms with Gasteiger partial charge in [0, 0.05) is 0 Å². The molecule has 0 bridgehead atoms. The Kier molecular flexibility index (Phi) is 11.3. The van der Waals surface area contributed by atoms with E-state index in [1.165, 1.54) is 43.8 Å². The van der Waals surface area contributed by atoms with Crippen LogP contribution in [0.1, 0.15) is 64.2 Å². The van der Waals surface area contributed by atoms with Gasteiger partial charge in [-0.2, -0.15) is 0 Å². The summed E-state index contributed by atoms with van der Waals surface area (Å²) in [6.45, 7) is 17.5. The predicted molar refractivity (Wildman–Crippen MR) is 161 cm³/mol. The normalized spacial score (nSPS) is 11.3. The average Bonchev–Trinajstić information content (AvgIpc) is 3.62. The van der Waals surface area contributed by atoms with Crippen LogP contribution in [0.15, 0.2) is 93.8 Å². The van der Waals surface area contributed by atoms with Crippen LogP contribution in [0.25, 0.3) is 44.2 Å². The quantitative estimate of drug-likeness (QED) is 0.248. The van der Waals surface area contributed by atoms with Gasteiger partial charge >= 0.3 is 26.2 Å². The van der Waals surface area contributed by atoms with Crippen LogP contribution in [-0.4, -0.2) is 0 Å². The number of rotatable bonds is 2. The van der Waals surface area contributed by atoms with Gasteiger partial charge in [-0.25, -0.2) is 0 Å². The first kappa shape index (κ1) is 34.9. The molecular formula is C36H38Cl2O2Zr. The first-order valence-corrected chi connectivity index (χ1v) is 13.4. The number of halogens is 2. The molecule has 6 aromatic rings. The van der Waals surface area contributed by atoms with Crippen molar-refractivity contribution in [2.45, 2.75) is 66.2 Å². The molecule has 0 amide bonds. The minimum absolute atomic E-state index is 0. The summed E-state index contributed by atoms with van der Waals surface area (Å²) < 4.78 is 11.4. The Hall–Kier alpha value is -2.32. The molecule has 4 aromatic carbocycles. The molecule has 2 heterocycles. The Bertz CT molecular complexity index is 1590. The Morgan fingerprint density at radius 2 is 0.902 bits per heavy atom. The van der Waals surface area contributed by atoms with Crippen LogP contribution in [-0.2, 0) is 37.0 Å². The summed E-state index contributed by atoms with van der Waals surface area (Å²) in [5.74, 6) is 3.81. The van der Waals surface area contributed by atoms with Gasteiger partial charge in [0.15, 0.2) is 0 Å². The van der Waals surface area contributed by atoms with Crippen molar-refractivity contribution in [3.63, 3.8) is 0 Å². The fraction of sp³-hybridized carbons (Fsp3) is 0.278. The Balaban J connectivity index is 0.000000267. The van der Waals surface area contributed by atoms with Crippen LogP contribution in [0.2, 0.25) is 0 Å². The van der Waals surface area contributed by atoms with E-state index in [4.69, 9.17) is 8.83 Å². The van der Waals surface area contributed by atoms with Crippen LogP contribution in [0.5, 0.6) is 0 Å². The van der Waals surface area contributed by atoms with Crippen LogP contribution < -0.4 is 24.8 Å². The molecule has 0 aliphatic carbocycles. The summed E-state index contributed by atoms with van der Waals surface area (Å²) in [6.07, 6.45) is 0. The third-order valence-corrected chi connectivity index (χ3v) is 7.17. The zero-order chi connectivity index (χ0) is 27.2. The summed E-state index contributed by atoms with van der Waals surface area (Å²) in [5.41, 5.74) is 5.42. The summed E-state index contributed by atoms with van der Waals surface area (Å²) in [7, 11) is 0. The maximum absolute atomic E-state index is 5.72. The number of aryl methyl sites for hydroxylation is 2. The van der Waals surface area contributed by atoms with E-state index >= 15 is 0 Å². The molecule has 0 N–H and O–H groups in total. The Morgan fingerprint density at radius 1 is 0.537 bits per heavy atom. The van der Waals surface area contributed by atoms with Gasteiger partial charge in [-0.15, -0.1) is 57.9 Å². The fourth-order valence-electron chi connectivity index (χ4n) is 5.24. The molecule has 5 heteroatoms. The zero-order valence-electron chi connectivity index (χ0n) is 25.2. The number of fused-ring (bicyclic) bond motifs is 2. The second-order valence-corrected chi connectivity index (χ2v) is 12.4. The van der Waals surface area contributed by atoms with E-state index in [2.05, 4.69) is 102 Å². The van der Waals surface area contributed by atoms with E-state index in [9.17, 15) is 0 Å². The van der Waals surface area contributed by atoms with Crippen LogP contribution in [0.3, 0.4) is 0 Å². The molecule has 0 saturated heterocycles. The smallest absolute Gasteiger partial charge is 1.00 e. The van der Waals surface area contributed by atoms with Gasteiger partial charge in [0.1, 0.15) is 0 Å². The molecule has 0 atom stereocenters. The van der Waals surface area contributed by atoms with Crippen molar-refractivity contribution in [1.82, 2.24) is 0 Å². The molecular weight excluding hydrogens is 627 g/mol. The molecule has 0 fully saturated rings. The summed E-state index contributed by atoms with van der Waals surface area (Å²) >= 11 is 0. The fourth-order valence-corrected chi connectivity index (χ4v) is 5.24. The van der Waals surface area contributed by atoms with Gasteiger partial charge in [-0.1, -0.05) is 88.1 Å². The molecule has 0 aliphatic rings. The molecule has 2 aromatic heterocycles. The second kappa shape index (κ2) is 13.3. The van der Waals surface area contributed by atoms with Gasteiger partial charge in [0.2, 0.25) is 0 Å².